The first-order valence-electron chi connectivity index (χ1n) is 7.66. The summed E-state index contributed by atoms with van der Waals surface area (Å²) in [5.41, 5.74) is 0.920. The molecule has 1 aromatic heterocycles. The first-order valence-corrected chi connectivity index (χ1v) is 7.66. The zero-order chi connectivity index (χ0) is 17.5. The van der Waals surface area contributed by atoms with Crippen LogP contribution in [0, 0.1) is 0 Å². The quantitative estimate of drug-likeness (QED) is 0.763. The van der Waals surface area contributed by atoms with Gasteiger partial charge >= 0.3 is 5.97 Å². The number of aromatic nitrogens is 1. The highest BCUT2D eigenvalue weighted by atomic mass is 16.6. The van der Waals surface area contributed by atoms with Crippen molar-refractivity contribution in [2.24, 2.45) is 0 Å². The fourth-order valence-electron chi connectivity index (χ4n) is 2.12. The Balaban J connectivity index is 2.07. The van der Waals surface area contributed by atoms with Crippen LogP contribution in [0.25, 0.3) is 0 Å². The van der Waals surface area contributed by atoms with Crippen LogP contribution in [-0.4, -0.2) is 36.6 Å². The maximum absolute atomic E-state index is 12.4. The molecular formula is C18H20N2O4. The van der Waals surface area contributed by atoms with Gasteiger partial charge in [0.2, 0.25) is 5.88 Å². The van der Waals surface area contributed by atoms with Gasteiger partial charge in [-0.1, -0.05) is 18.2 Å². The molecule has 1 amide bonds. The summed E-state index contributed by atoms with van der Waals surface area (Å²) in [6.07, 6.45) is 0.594. The molecule has 0 aliphatic carbocycles. The lowest BCUT2D eigenvalue weighted by atomic mass is 10.2. The number of esters is 1. The van der Waals surface area contributed by atoms with E-state index in [0.29, 0.717) is 6.61 Å². The molecule has 1 aromatic carbocycles. The fourth-order valence-corrected chi connectivity index (χ4v) is 2.12. The number of amides is 1. The molecule has 2 aromatic rings. The minimum absolute atomic E-state index is 0.195. The number of benzene rings is 1. The van der Waals surface area contributed by atoms with Crippen LogP contribution < -0.4 is 9.64 Å². The Hall–Kier alpha value is -2.89. The van der Waals surface area contributed by atoms with Crippen LogP contribution in [-0.2, 0) is 9.53 Å². The monoisotopic (exact) mass is 328 g/mol. The Kier molecular flexibility index (Phi) is 5.89. The van der Waals surface area contributed by atoms with Crippen LogP contribution in [0.15, 0.2) is 48.7 Å². The molecule has 0 saturated carbocycles. The Morgan fingerprint density at radius 3 is 2.54 bits per heavy atom. The topological polar surface area (TPSA) is 68.7 Å². The summed E-state index contributed by atoms with van der Waals surface area (Å²) in [6, 6.07) is 12.3. The van der Waals surface area contributed by atoms with Gasteiger partial charge in [-0.2, -0.15) is 0 Å². The second-order valence-corrected chi connectivity index (χ2v) is 5.07. The van der Waals surface area contributed by atoms with Gasteiger partial charge in [-0.05, 0) is 38.1 Å². The molecule has 0 radical (unpaired) electrons. The highest BCUT2D eigenvalue weighted by molar-refractivity contribution is 5.99. The van der Waals surface area contributed by atoms with Crippen molar-refractivity contribution >= 4 is 17.6 Å². The van der Waals surface area contributed by atoms with E-state index < -0.39 is 12.1 Å². The molecule has 1 heterocycles. The smallest absolute Gasteiger partial charge is 0.344 e. The highest BCUT2D eigenvalue weighted by Gasteiger charge is 2.24. The molecule has 6 nitrogen and oxygen atoms in total. The molecule has 0 bridgehead atoms. The first-order chi connectivity index (χ1) is 11.5. The van der Waals surface area contributed by atoms with Gasteiger partial charge in [0.05, 0.1) is 6.61 Å². The SMILES string of the molecule is CCOc1ncccc1C(=O)OC(C)C(=O)N(C)c1ccccc1. The van der Waals surface area contributed by atoms with Gasteiger partial charge in [0, 0.05) is 18.9 Å². The van der Waals surface area contributed by atoms with Crippen LogP contribution in [0.4, 0.5) is 5.69 Å². The summed E-state index contributed by atoms with van der Waals surface area (Å²) in [5.74, 6) is -0.772. The van der Waals surface area contributed by atoms with Gasteiger partial charge in [-0.25, -0.2) is 9.78 Å². The number of carbonyl (C=O) groups excluding carboxylic acids is 2. The lowest BCUT2D eigenvalue weighted by Gasteiger charge is -2.21. The number of hydrogen-bond acceptors (Lipinski definition) is 5. The number of nitrogens with zero attached hydrogens (tertiary/aromatic N) is 2. The minimum atomic E-state index is -0.933. The second-order valence-electron chi connectivity index (χ2n) is 5.07. The standard InChI is InChI=1S/C18H20N2O4/c1-4-23-16-15(11-8-12-19-16)18(22)24-13(2)17(21)20(3)14-9-6-5-7-10-14/h5-13H,4H2,1-3H3. The number of hydrogen-bond donors (Lipinski definition) is 0. The molecule has 0 aliphatic heterocycles. The molecule has 1 atom stereocenters. The van der Waals surface area contributed by atoms with E-state index in [1.165, 1.54) is 18.0 Å². The summed E-state index contributed by atoms with van der Waals surface area (Å²) >= 11 is 0. The average Bonchev–Trinajstić information content (AvgIpc) is 2.61. The molecule has 126 valence electrons. The van der Waals surface area contributed by atoms with E-state index in [1.807, 2.05) is 18.2 Å². The average molecular weight is 328 g/mol. The molecule has 0 saturated heterocycles. The van der Waals surface area contributed by atoms with Gasteiger partial charge in [0.1, 0.15) is 5.56 Å². The van der Waals surface area contributed by atoms with Crippen molar-refractivity contribution in [2.45, 2.75) is 20.0 Å². The van der Waals surface area contributed by atoms with Crippen LogP contribution in [0.1, 0.15) is 24.2 Å². The van der Waals surface area contributed by atoms with E-state index in [2.05, 4.69) is 4.98 Å². The highest BCUT2D eigenvalue weighted by Crippen LogP contribution is 2.18. The van der Waals surface area contributed by atoms with Crippen molar-refractivity contribution in [3.05, 3.63) is 54.2 Å². The number of ether oxygens (including phenoxy) is 2. The number of carbonyl (C=O) groups is 2. The number of pyridine rings is 1. The second kappa shape index (κ2) is 8.10. The number of para-hydroxylation sites is 1. The Morgan fingerprint density at radius 1 is 1.17 bits per heavy atom. The zero-order valence-corrected chi connectivity index (χ0v) is 13.9. The molecule has 24 heavy (non-hydrogen) atoms. The molecule has 0 aliphatic rings. The lowest BCUT2D eigenvalue weighted by molar-refractivity contribution is -0.126. The zero-order valence-electron chi connectivity index (χ0n) is 13.9. The Morgan fingerprint density at radius 2 is 1.88 bits per heavy atom. The Bertz CT molecular complexity index is 703. The summed E-state index contributed by atoms with van der Waals surface area (Å²) in [6.45, 7) is 3.71. The molecule has 1 unspecified atom stereocenters. The largest absolute Gasteiger partial charge is 0.477 e. The van der Waals surface area contributed by atoms with Crippen molar-refractivity contribution in [1.29, 1.82) is 0 Å². The van der Waals surface area contributed by atoms with E-state index in [-0.39, 0.29) is 17.4 Å². The summed E-state index contributed by atoms with van der Waals surface area (Å²) in [4.78, 5) is 30.2. The van der Waals surface area contributed by atoms with Crippen molar-refractivity contribution in [3.63, 3.8) is 0 Å². The molecular weight excluding hydrogens is 308 g/mol. The van der Waals surface area contributed by atoms with Crippen LogP contribution in [0.2, 0.25) is 0 Å². The van der Waals surface area contributed by atoms with Crippen molar-refractivity contribution < 1.29 is 19.1 Å². The molecule has 0 N–H and O–H groups in total. The number of anilines is 1. The van der Waals surface area contributed by atoms with E-state index in [1.54, 1.807) is 38.2 Å². The van der Waals surface area contributed by atoms with E-state index in [9.17, 15) is 9.59 Å². The van der Waals surface area contributed by atoms with Crippen LogP contribution in [0.3, 0.4) is 0 Å². The lowest BCUT2D eigenvalue weighted by Crippen LogP contribution is -2.37. The number of likely N-dealkylation sites (N-methyl/N-ethyl adjacent to an activating group) is 1. The predicted molar refractivity (Wildman–Crippen MR) is 90.1 cm³/mol. The summed E-state index contributed by atoms with van der Waals surface area (Å²) < 4.78 is 10.6. The molecule has 0 fully saturated rings. The molecule has 0 spiro atoms. The van der Waals surface area contributed by atoms with Crippen molar-refractivity contribution in [2.75, 3.05) is 18.6 Å². The van der Waals surface area contributed by atoms with Gasteiger partial charge < -0.3 is 14.4 Å². The van der Waals surface area contributed by atoms with E-state index >= 15 is 0 Å². The van der Waals surface area contributed by atoms with Crippen molar-refractivity contribution in [3.8, 4) is 5.88 Å². The van der Waals surface area contributed by atoms with Gasteiger partial charge in [0.25, 0.3) is 5.91 Å². The molecule has 6 heteroatoms. The maximum Gasteiger partial charge on any atom is 0.344 e. The van der Waals surface area contributed by atoms with Gasteiger partial charge in [-0.15, -0.1) is 0 Å². The first kappa shape index (κ1) is 17.5. The fraction of sp³-hybridized carbons (Fsp3) is 0.278. The van der Waals surface area contributed by atoms with Gasteiger partial charge in [-0.3, -0.25) is 4.79 Å². The molecule has 2 rings (SSSR count). The number of rotatable bonds is 6. The predicted octanol–water partition coefficient (Wildman–Crippen LogP) is 2.69. The third-order valence-corrected chi connectivity index (χ3v) is 3.38. The van der Waals surface area contributed by atoms with Crippen LogP contribution in [0.5, 0.6) is 5.88 Å². The third kappa shape index (κ3) is 4.10. The van der Waals surface area contributed by atoms with E-state index in [4.69, 9.17) is 9.47 Å². The van der Waals surface area contributed by atoms with E-state index in [0.717, 1.165) is 5.69 Å². The van der Waals surface area contributed by atoms with Gasteiger partial charge in [0.15, 0.2) is 6.10 Å². The van der Waals surface area contributed by atoms with Crippen LogP contribution >= 0.6 is 0 Å². The Labute approximate surface area is 141 Å². The third-order valence-electron chi connectivity index (χ3n) is 3.38. The summed E-state index contributed by atoms with van der Waals surface area (Å²) in [7, 11) is 1.64. The maximum atomic E-state index is 12.4. The normalized spacial score (nSPS) is 11.5. The van der Waals surface area contributed by atoms with Crippen molar-refractivity contribution in [1.82, 2.24) is 4.98 Å². The summed E-state index contributed by atoms with van der Waals surface area (Å²) in [5, 5.41) is 0. The minimum Gasteiger partial charge on any atom is -0.477 e.